The van der Waals surface area contributed by atoms with Crippen molar-refractivity contribution in [2.75, 3.05) is 11.6 Å². The summed E-state index contributed by atoms with van der Waals surface area (Å²) in [5, 5.41) is 12.0. The number of nitriles is 1. The fraction of sp³-hybridized carbons (Fsp3) is 0.0952. The molecule has 1 heterocycles. The van der Waals surface area contributed by atoms with E-state index in [-0.39, 0.29) is 11.8 Å². The maximum absolute atomic E-state index is 12.4. The summed E-state index contributed by atoms with van der Waals surface area (Å²) in [6.45, 7) is 1.84. The van der Waals surface area contributed by atoms with Gasteiger partial charge in [0, 0.05) is 39.4 Å². The Labute approximate surface area is 165 Å². The van der Waals surface area contributed by atoms with Gasteiger partial charge in [-0.05, 0) is 67.1 Å². The summed E-state index contributed by atoms with van der Waals surface area (Å²) in [6, 6.07) is 17.1. The van der Waals surface area contributed by atoms with Crippen LogP contribution in [0.4, 0.5) is 5.69 Å². The first-order valence-corrected chi connectivity index (χ1v) is 9.92. The number of pyridine rings is 1. The van der Waals surface area contributed by atoms with Gasteiger partial charge in [0.2, 0.25) is 5.88 Å². The molecule has 1 atom stereocenters. The molecule has 1 N–H and O–H groups in total. The van der Waals surface area contributed by atoms with Crippen molar-refractivity contribution in [3.8, 4) is 17.7 Å². The number of rotatable bonds is 5. The summed E-state index contributed by atoms with van der Waals surface area (Å²) >= 11 is 0. The van der Waals surface area contributed by atoms with Crippen LogP contribution in [0.2, 0.25) is 0 Å². The summed E-state index contributed by atoms with van der Waals surface area (Å²) in [7, 11) is -1.09. The Morgan fingerprint density at radius 1 is 1.18 bits per heavy atom. The second-order valence-electron chi connectivity index (χ2n) is 5.98. The summed E-state index contributed by atoms with van der Waals surface area (Å²) in [4.78, 5) is 17.2. The lowest BCUT2D eigenvalue weighted by Crippen LogP contribution is -2.12. The molecule has 1 unspecified atom stereocenters. The van der Waals surface area contributed by atoms with E-state index >= 15 is 0 Å². The number of benzene rings is 2. The van der Waals surface area contributed by atoms with Crippen LogP contribution in [0.15, 0.2) is 65.7 Å². The number of nitrogens with one attached hydrogen (secondary N) is 1. The molecule has 0 aliphatic rings. The molecule has 0 radical (unpaired) electrons. The monoisotopic (exact) mass is 391 g/mol. The van der Waals surface area contributed by atoms with Gasteiger partial charge in [0.15, 0.2) is 0 Å². The number of carbonyl (C=O) groups excluding carboxylic acids is 1. The molecule has 2 aromatic carbocycles. The zero-order valence-electron chi connectivity index (χ0n) is 15.3. The second kappa shape index (κ2) is 8.46. The number of hydrogen-bond donors (Lipinski definition) is 1. The minimum atomic E-state index is -1.09. The molecule has 6 nitrogen and oxygen atoms in total. The SMILES string of the molecule is Cc1cc(Oc2ncccc2C#N)ccc1NC(=O)c1ccc(S(C)=O)cc1. The second-order valence-corrected chi connectivity index (χ2v) is 7.36. The smallest absolute Gasteiger partial charge is 0.255 e. The highest BCUT2D eigenvalue weighted by atomic mass is 32.2. The van der Waals surface area contributed by atoms with Crippen molar-refractivity contribution in [2.45, 2.75) is 11.8 Å². The van der Waals surface area contributed by atoms with Crippen LogP contribution in [0.1, 0.15) is 21.5 Å². The van der Waals surface area contributed by atoms with Crippen LogP contribution in [-0.4, -0.2) is 21.4 Å². The number of aryl methyl sites for hydroxylation is 1. The van der Waals surface area contributed by atoms with Crippen LogP contribution >= 0.6 is 0 Å². The van der Waals surface area contributed by atoms with Crippen LogP contribution in [0, 0.1) is 18.3 Å². The standard InChI is InChI=1S/C21H17N3O3S/c1-14-12-17(27-21-16(13-22)4-3-11-23-21)7-10-19(14)24-20(25)15-5-8-18(9-6-15)28(2)26/h3-12H,1-2H3,(H,24,25). The Hall–Kier alpha value is -3.50. The maximum atomic E-state index is 12.4. The number of ether oxygens (including phenoxy) is 1. The van der Waals surface area contributed by atoms with Gasteiger partial charge < -0.3 is 10.1 Å². The summed E-state index contributed by atoms with van der Waals surface area (Å²) < 4.78 is 17.1. The molecule has 3 aromatic rings. The average Bonchev–Trinajstić information content (AvgIpc) is 2.70. The van der Waals surface area contributed by atoms with Crippen molar-refractivity contribution in [2.24, 2.45) is 0 Å². The van der Waals surface area contributed by atoms with Crippen LogP contribution in [-0.2, 0) is 10.8 Å². The van der Waals surface area contributed by atoms with Gasteiger partial charge in [-0.2, -0.15) is 5.26 Å². The lowest BCUT2D eigenvalue weighted by Gasteiger charge is -2.11. The van der Waals surface area contributed by atoms with Gasteiger partial charge >= 0.3 is 0 Å². The first-order chi connectivity index (χ1) is 13.5. The Balaban J connectivity index is 1.74. The zero-order valence-corrected chi connectivity index (χ0v) is 16.1. The van der Waals surface area contributed by atoms with Crippen molar-refractivity contribution < 1.29 is 13.7 Å². The fourth-order valence-corrected chi connectivity index (χ4v) is 3.02. The Bertz CT molecular complexity index is 1090. The molecule has 140 valence electrons. The number of amides is 1. The normalized spacial score (nSPS) is 11.3. The third-order valence-electron chi connectivity index (χ3n) is 4.00. The molecule has 0 fully saturated rings. The first kappa shape index (κ1) is 19.3. The van der Waals surface area contributed by atoms with E-state index < -0.39 is 10.8 Å². The van der Waals surface area contributed by atoms with E-state index in [4.69, 9.17) is 10.00 Å². The minimum absolute atomic E-state index is 0.231. The van der Waals surface area contributed by atoms with Crippen molar-refractivity contribution in [1.82, 2.24) is 4.98 Å². The molecule has 0 bridgehead atoms. The van der Waals surface area contributed by atoms with Crippen LogP contribution < -0.4 is 10.1 Å². The third kappa shape index (κ3) is 4.42. The molecule has 0 spiro atoms. The van der Waals surface area contributed by atoms with E-state index in [1.165, 1.54) is 0 Å². The van der Waals surface area contributed by atoms with Gasteiger partial charge in [0.25, 0.3) is 5.91 Å². The molecule has 1 aromatic heterocycles. The Morgan fingerprint density at radius 2 is 1.93 bits per heavy atom. The molecule has 0 aliphatic heterocycles. The highest BCUT2D eigenvalue weighted by Gasteiger charge is 2.11. The van der Waals surface area contributed by atoms with E-state index in [9.17, 15) is 9.00 Å². The van der Waals surface area contributed by atoms with Crippen molar-refractivity contribution in [1.29, 1.82) is 5.26 Å². The van der Waals surface area contributed by atoms with Crippen molar-refractivity contribution in [3.63, 3.8) is 0 Å². The van der Waals surface area contributed by atoms with E-state index in [0.29, 0.717) is 27.5 Å². The Morgan fingerprint density at radius 3 is 2.57 bits per heavy atom. The van der Waals surface area contributed by atoms with E-state index in [1.807, 2.05) is 13.0 Å². The molecule has 3 rings (SSSR count). The molecule has 28 heavy (non-hydrogen) atoms. The van der Waals surface area contributed by atoms with Crippen molar-refractivity contribution in [3.05, 3.63) is 77.5 Å². The number of hydrogen-bond acceptors (Lipinski definition) is 5. The highest BCUT2D eigenvalue weighted by molar-refractivity contribution is 7.84. The molecule has 0 aliphatic carbocycles. The predicted octanol–water partition coefficient (Wildman–Crippen LogP) is 4.04. The van der Waals surface area contributed by atoms with Crippen LogP contribution in [0.25, 0.3) is 0 Å². The summed E-state index contributed by atoms with van der Waals surface area (Å²) in [5.74, 6) is 0.483. The molecule has 0 saturated carbocycles. The maximum Gasteiger partial charge on any atom is 0.255 e. The van der Waals surface area contributed by atoms with Crippen molar-refractivity contribution >= 4 is 22.4 Å². The molecular weight excluding hydrogens is 374 g/mol. The topological polar surface area (TPSA) is 92.1 Å². The Kier molecular flexibility index (Phi) is 5.82. The average molecular weight is 391 g/mol. The van der Waals surface area contributed by atoms with Crippen LogP contribution in [0.3, 0.4) is 0 Å². The van der Waals surface area contributed by atoms with Gasteiger partial charge in [-0.3, -0.25) is 9.00 Å². The number of aromatic nitrogens is 1. The first-order valence-electron chi connectivity index (χ1n) is 8.36. The van der Waals surface area contributed by atoms with E-state index in [0.717, 1.165) is 5.56 Å². The van der Waals surface area contributed by atoms with Gasteiger partial charge in [-0.1, -0.05) is 0 Å². The predicted molar refractivity (Wildman–Crippen MR) is 107 cm³/mol. The molecule has 0 saturated heterocycles. The van der Waals surface area contributed by atoms with E-state index in [1.54, 1.807) is 67.0 Å². The van der Waals surface area contributed by atoms with Gasteiger partial charge in [-0.25, -0.2) is 4.98 Å². The number of anilines is 1. The fourth-order valence-electron chi connectivity index (χ4n) is 2.50. The van der Waals surface area contributed by atoms with Gasteiger partial charge in [0.1, 0.15) is 17.4 Å². The molecule has 7 heteroatoms. The number of nitrogens with zero attached hydrogens (tertiary/aromatic N) is 2. The molecular formula is C21H17N3O3S. The summed E-state index contributed by atoms with van der Waals surface area (Å²) in [6.07, 6.45) is 3.14. The minimum Gasteiger partial charge on any atom is -0.438 e. The highest BCUT2D eigenvalue weighted by Crippen LogP contribution is 2.27. The van der Waals surface area contributed by atoms with Gasteiger partial charge in [-0.15, -0.1) is 0 Å². The lowest BCUT2D eigenvalue weighted by atomic mass is 10.1. The summed E-state index contributed by atoms with van der Waals surface area (Å²) in [5.41, 5.74) is 2.25. The van der Waals surface area contributed by atoms with Crippen LogP contribution in [0.5, 0.6) is 11.6 Å². The van der Waals surface area contributed by atoms with E-state index in [2.05, 4.69) is 10.3 Å². The third-order valence-corrected chi connectivity index (χ3v) is 4.94. The van der Waals surface area contributed by atoms with Gasteiger partial charge in [0.05, 0.1) is 0 Å². The zero-order chi connectivity index (χ0) is 20.1. The molecule has 1 amide bonds. The quantitative estimate of drug-likeness (QED) is 0.708. The number of carbonyl (C=O) groups is 1. The lowest BCUT2D eigenvalue weighted by molar-refractivity contribution is 0.102. The largest absolute Gasteiger partial charge is 0.438 e.